The Kier molecular flexibility index (Phi) is 9.21. The number of nitrogens with zero attached hydrogens (tertiary/aromatic N) is 3. The molecule has 3 rings (SSSR count). The highest BCUT2D eigenvalue weighted by molar-refractivity contribution is 5.65. The first kappa shape index (κ1) is 25.9. The molecule has 1 heterocycles. The van der Waals surface area contributed by atoms with E-state index in [9.17, 15) is 9.50 Å². The first-order chi connectivity index (χ1) is 16.2. The van der Waals surface area contributed by atoms with Gasteiger partial charge < -0.3 is 14.6 Å². The first-order valence-corrected chi connectivity index (χ1v) is 11.8. The Balaban J connectivity index is 1.95. The van der Waals surface area contributed by atoms with Gasteiger partial charge in [-0.05, 0) is 44.0 Å². The van der Waals surface area contributed by atoms with E-state index < -0.39 is 6.10 Å². The third-order valence-corrected chi connectivity index (χ3v) is 5.26. The number of rotatable bonds is 12. The minimum Gasteiger partial charge on any atom is -0.439 e. The second-order valence-electron chi connectivity index (χ2n) is 9.30. The highest BCUT2D eigenvalue weighted by Crippen LogP contribution is 2.34. The van der Waals surface area contributed by atoms with Gasteiger partial charge in [-0.2, -0.15) is 5.10 Å². The van der Waals surface area contributed by atoms with Crippen molar-refractivity contribution in [3.8, 4) is 22.9 Å². The second-order valence-corrected chi connectivity index (χ2v) is 9.30. The van der Waals surface area contributed by atoms with Crippen molar-refractivity contribution in [3.63, 3.8) is 0 Å². The summed E-state index contributed by atoms with van der Waals surface area (Å²) in [6, 6.07) is 15.9. The van der Waals surface area contributed by atoms with Crippen LogP contribution < -0.4 is 4.74 Å². The largest absolute Gasteiger partial charge is 0.439 e. The minimum absolute atomic E-state index is 0.0620. The number of hydrogen-bond donors (Lipinski definition) is 1. The molecule has 0 aliphatic rings. The monoisotopic (exact) mass is 469 g/mol. The van der Waals surface area contributed by atoms with Gasteiger partial charge in [0.15, 0.2) is 0 Å². The minimum atomic E-state index is -0.612. The van der Waals surface area contributed by atoms with Gasteiger partial charge in [0.25, 0.3) is 0 Å². The number of halogens is 1. The Labute approximate surface area is 201 Å². The molecular formula is C27H36FN3O3. The molecule has 1 N–H and O–H groups in total. The molecular weight excluding hydrogens is 433 g/mol. The molecule has 0 bridgehead atoms. The lowest BCUT2D eigenvalue weighted by Crippen LogP contribution is -2.37. The van der Waals surface area contributed by atoms with Crippen LogP contribution in [0.25, 0.3) is 11.3 Å². The number of aryl methyl sites for hydroxylation is 1. The van der Waals surface area contributed by atoms with Gasteiger partial charge in [-0.1, -0.05) is 44.2 Å². The maximum Gasteiger partial charge on any atom is 0.222 e. The van der Waals surface area contributed by atoms with Gasteiger partial charge in [0.1, 0.15) is 17.3 Å². The number of hydrogen-bond acceptors (Lipinski definition) is 5. The SMILES string of the molecule is CC(C)CN(Cc1c(-c2ccccc2)nn(C)c1Oc1ccc(F)cc1)C[C@@H](O)COC(C)C. The lowest BCUT2D eigenvalue weighted by atomic mass is 10.1. The molecule has 3 aromatic rings. The lowest BCUT2D eigenvalue weighted by molar-refractivity contribution is -0.0109. The van der Waals surface area contributed by atoms with Crippen molar-refractivity contribution in [2.24, 2.45) is 13.0 Å². The molecule has 6 nitrogen and oxygen atoms in total. The van der Waals surface area contributed by atoms with Crippen molar-refractivity contribution in [1.82, 2.24) is 14.7 Å². The summed E-state index contributed by atoms with van der Waals surface area (Å²) in [6.07, 6.45) is -0.550. The van der Waals surface area contributed by atoms with Crippen molar-refractivity contribution in [2.45, 2.75) is 46.4 Å². The Bertz CT molecular complexity index is 1020. The number of aliphatic hydroxyl groups excluding tert-OH is 1. The molecule has 0 saturated carbocycles. The van der Waals surface area contributed by atoms with Crippen LogP contribution in [-0.2, 0) is 18.3 Å². The molecule has 7 heteroatoms. The average Bonchev–Trinajstić information content (AvgIpc) is 3.09. The van der Waals surface area contributed by atoms with Crippen LogP contribution in [0.15, 0.2) is 54.6 Å². The summed E-state index contributed by atoms with van der Waals surface area (Å²) >= 11 is 0. The summed E-state index contributed by atoms with van der Waals surface area (Å²) in [4.78, 5) is 2.21. The van der Waals surface area contributed by atoms with Crippen LogP contribution in [0, 0.1) is 11.7 Å². The molecule has 184 valence electrons. The maximum atomic E-state index is 13.4. The lowest BCUT2D eigenvalue weighted by Gasteiger charge is -2.27. The maximum absolute atomic E-state index is 13.4. The molecule has 0 saturated heterocycles. The van der Waals surface area contributed by atoms with E-state index in [2.05, 4.69) is 18.7 Å². The summed E-state index contributed by atoms with van der Waals surface area (Å²) in [5, 5.41) is 15.4. The smallest absolute Gasteiger partial charge is 0.222 e. The molecule has 0 aliphatic carbocycles. The molecule has 2 aromatic carbocycles. The number of aliphatic hydroxyl groups is 1. The van der Waals surface area contributed by atoms with Crippen LogP contribution in [-0.4, -0.2) is 51.7 Å². The van der Waals surface area contributed by atoms with Crippen LogP contribution in [0.1, 0.15) is 33.3 Å². The predicted octanol–water partition coefficient (Wildman–Crippen LogP) is 5.26. The van der Waals surface area contributed by atoms with Gasteiger partial charge in [0.2, 0.25) is 5.88 Å². The van der Waals surface area contributed by atoms with Gasteiger partial charge in [0.05, 0.1) is 24.4 Å². The average molecular weight is 470 g/mol. The van der Waals surface area contributed by atoms with Gasteiger partial charge in [-0.15, -0.1) is 0 Å². The fraction of sp³-hybridized carbons (Fsp3) is 0.444. The van der Waals surface area contributed by atoms with E-state index in [-0.39, 0.29) is 18.5 Å². The van der Waals surface area contributed by atoms with Crippen molar-refractivity contribution >= 4 is 0 Å². The summed E-state index contributed by atoms with van der Waals surface area (Å²) in [7, 11) is 1.84. The number of aromatic nitrogens is 2. The van der Waals surface area contributed by atoms with E-state index in [0.29, 0.717) is 30.6 Å². The fourth-order valence-corrected chi connectivity index (χ4v) is 3.86. The number of ether oxygens (including phenoxy) is 2. The van der Waals surface area contributed by atoms with Crippen LogP contribution in [0.3, 0.4) is 0 Å². The van der Waals surface area contributed by atoms with E-state index in [0.717, 1.165) is 23.4 Å². The molecule has 34 heavy (non-hydrogen) atoms. The van der Waals surface area contributed by atoms with E-state index in [4.69, 9.17) is 14.6 Å². The Morgan fingerprint density at radius 3 is 2.29 bits per heavy atom. The van der Waals surface area contributed by atoms with Crippen molar-refractivity contribution in [2.75, 3.05) is 19.7 Å². The van der Waals surface area contributed by atoms with Crippen LogP contribution in [0.4, 0.5) is 4.39 Å². The van der Waals surface area contributed by atoms with E-state index in [1.165, 1.54) is 12.1 Å². The molecule has 1 atom stereocenters. The Morgan fingerprint density at radius 1 is 1.00 bits per heavy atom. The zero-order chi connectivity index (χ0) is 24.7. The standard InChI is InChI=1S/C27H36FN3O3/c1-19(2)15-31(16-23(32)18-33-20(3)4)17-25-26(21-9-7-6-8-10-21)29-30(5)27(25)34-24-13-11-22(28)12-14-24/h6-14,19-20,23,32H,15-18H2,1-5H3/t23-/m1/s1. The zero-order valence-corrected chi connectivity index (χ0v) is 20.7. The molecule has 0 aliphatic heterocycles. The Morgan fingerprint density at radius 2 is 1.68 bits per heavy atom. The highest BCUT2D eigenvalue weighted by Gasteiger charge is 2.24. The summed E-state index contributed by atoms with van der Waals surface area (Å²) in [5.74, 6) is 1.21. The molecule has 0 spiro atoms. The quantitative estimate of drug-likeness (QED) is 0.392. The fourth-order valence-electron chi connectivity index (χ4n) is 3.86. The van der Waals surface area contributed by atoms with Gasteiger partial charge >= 0.3 is 0 Å². The third-order valence-electron chi connectivity index (χ3n) is 5.26. The molecule has 0 radical (unpaired) electrons. The Hall–Kier alpha value is -2.74. The molecule has 0 unspecified atom stereocenters. The first-order valence-electron chi connectivity index (χ1n) is 11.8. The van der Waals surface area contributed by atoms with Gasteiger partial charge in [-0.3, -0.25) is 4.90 Å². The zero-order valence-electron chi connectivity index (χ0n) is 20.7. The molecule has 0 amide bonds. The number of benzene rings is 2. The van der Waals surface area contributed by atoms with E-state index in [1.54, 1.807) is 16.8 Å². The van der Waals surface area contributed by atoms with E-state index >= 15 is 0 Å². The normalized spacial score (nSPS) is 12.6. The topological polar surface area (TPSA) is 59.8 Å². The second kappa shape index (κ2) is 12.1. The van der Waals surface area contributed by atoms with E-state index in [1.807, 2.05) is 51.2 Å². The molecule has 1 aromatic heterocycles. The van der Waals surface area contributed by atoms with Gasteiger partial charge in [-0.25, -0.2) is 9.07 Å². The van der Waals surface area contributed by atoms with Crippen LogP contribution >= 0.6 is 0 Å². The predicted molar refractivity (Wildman–Crippen MR) is 132 cm³/mol. The summed E-state index contributed by atoms with van der Waals surface area (Å²) in [5.41, 5.74) is 2.72. The van der Waals surface area contributed by atoms with Crippen molar-refractivity contribution in [1.29, 1.82) is 0 Å². The highest BCUT2D eigenvalue weighted by atomic mass is 19.1. The van der Waals surface area contributed by atoms with Crippen LogP contribution in [0.2, 0.25) is 0 Å². The molecule has 0 fully saturated rings. The van der Waals surface area contributed by atoms with Crippen LogP contribution in [0.5, 0.6) is 11.6 Å². The summed E-state index contributed by atoms with van der Waals surface area (Å²) < 4.78 is 27.0. The van der Waals surface area contributed by atoms with Gasteiger partial charge in [0, 0.05) is 32.2 Å². The van der Waals surface area contributed by atoms with Crippen molar-refractivity contribution < 1.29 is 19.0 Å². The third kappa shape index (κ3) is 7.38. The van der Waals surface area contributed by atoms with Crippen molar-refractivity contribution in [3.05, 3.63) is 66.0 Å². The summed E-state index contributed by atoms with van der Waals surface area (Å²) in [6.45, 7) is 10.3.